The highest BCUT2D eigenvalue weighted by molar-refractivity contribution is 5.66. The largest absolute Gasteiger partial charge is 0.486 e. The Balaban J connectivity index is 2.10. The van der Waals surface area contributed by atoms with Crippen LogP contribution in [-0.2, 0) is 7.05 Å². The van der Waals surface area contributed by atoms with Crippen molar-refractivity contribution in [2.75, 3.05) is 18.9 Å². The van der Waals surface area contributed by atoms with E-state index in [9.17, 15) is 4.39 Å². The molecule has 0 bridgehead atoms. The molecule has 1 aromatic carbocycles. The summed E-state index contributed by atoms with van der Waals surface area (Å²) >= 11 is 0. The summed E-state index contributed by atoms with van der Waals surface area (Å²) in [5.41, 5.74) is 6.92. The molecule has 2 heterocycles. The van der Waals surface area contributed by atoms with Crippen LogP contribution < -0.4 is 15.2 Å². The van der Waals surface area contributed by atoms with Crippen LogP contribution in [-0.4, -0.2) is 23.0 Å². The third-order valence-corrected chi connectivity index (χ3v) is 2.81. The zero-order valence-corrected chi connectivity index (χ0v) is 9.81. The van der Waals surface area contributed by atoms with E-state index in [1.165, 1.54) is 10.7 Å². The molecule has 0 saturated heterocycles. The molecule has 0 atom stereocenters. The van der Waals surface area contributed by atoms with Crippen LogP contribution in [0, 0.1) is 5.82 Å². The van der Waals surface area contributed by atoms with Gasteiger partial charge in [-0.25, -0.2) is 4.39 Å². The van der Waals surface area contributed by atoms with Gasteiger partial charge < -0.3 is 15.2 Å². The van der Waals surface area contributed by atoms with Crippen LogP contribution in [0.5, 0.6) is 11.5 Å². The highest BCUT2D eigenvalue weighted by atomic mass is 19.1. The monoisotopic (exact) mass is 249 g/mol. The molecular weight excluding hydrogens is 237 g/mol. The van der Waals surface area contributed by atoms with Crippen LogP contribution in [0.25, 0.3) is 11.3 Å². The fourth-order valence-corrected chi connectivity index (χ4v) is 1.88. The van der Waals surface area contributed by atoms with E-state index in [0.29, 0.717) is 36.0 Å². The first-order valence-electron chi connectivity index (χ1n) is 5.54. The minimum absolute atomic E-state index is 0.161. The molecule has 1 aromatic heterocycles. The third kappa shape index (κ3) is 1.66. The van der Waals surface area contributed by atoms with E-state index >= 15 is 0 Å². The number of nitrogen functional groups attached to an aromatic ring is 1. The lowest BCUT2D eigenvalue weighted by Gasteiger charge is -2.19. The number of nitrogens with zero attached hydrogens (tertiary/aromatic N) is 2. The minimum atomic E-state index is -0.452. The fourth-order valence-electron chi connectivity index (χ4n) is 1.88. The number of aryl methyl sites for hydroxylation is 1. The highest BCUT2D eigenvalue weighted by Gasteiger charge is 2.19. The second-order valence-electron chi connectivity index (χ2n) is 4.06. The Hall–Kier alpha value is -2.24. The van der Waals surface area contributed by atoms with Gasteiger partial charge in [0.15, 0.2) is 17.3 Å². The molecule has 1 aliphatic heterocycles. The number of ether oxygens (including phenoxy) is 2. The van der Waals surface area contributed by atoms with Crippen molar-refractivity contribution < 1.29 is 13.9 Å². The lowest BCUT2D eigenvalue weighted by atomic mass is 10.1. The Morgan fingerprint density at radius 1 is 1.28 bits per heavy atom. The van der Waals surface area contributed by atoms with Gasteiger partial charge in [0.1, 0.15) is 19.0 Å². The molecule has 6 heteroatoms. The molecular formula is C12H12FN3O2. The van der Waals surface area contributed by atoms with Crippen molar-refractivity contribution in [2.24, 2.45) is 7.05 Å². The van der Waals surface area contributed by atoms with E-state index in [-0.39, 0.29) is 5.75 Å². The van der Waals surface area contributed by atoms with Gasteiger partial charge in [0, 0.05) is 18.7 Å². The lowest BCUT2D eigenvalue weighted by Crippen LogP contribution is -2.16. The maximum atomic E-state index is 13.9. The zero-order chi connectivity index (χ0) is 12.7. The second kappa shape index (κ2) is 3.90. The van der Waals surface area contributed by atoms with Gasteiger partial charge >= 0.3 is 0 Å². The van der Waals surface area contributed by atoms with Gasteiger partial charge in [-0.1, -0.05) is 0 Å². The molecule has 18 heavy (non-hydrogen) atoms. The van der Waals surface area contributed by atoms with Gasteiger partial charge in [0.25, 0.3) is 0 Å². The fraction of sp³-hybridized carbons (Fsp3) is 0.250. The topological polar surface area (TPSA) is 62.3 Å². The average molecular weight is 249 g/mol. The van der Waals surface area contributed by atoms with Crippen LogP contribution in [0.1, 0.15) is 0 Å². The molecule has 2 N–H and O–H groups in total. The van der Waals surface area contributed by atoms with Gasteiger partial charge in [-0.05, 0) is 12.1 Å². The van der Waals surface area contributed by atoms with E-state index in [1.807, 2.05) is 0 Å². The number of rotatable bonds is 1. The molecule has 0 aliphatic carbocycles. The predicted octanol–water partition coefficient (Wildman–Crippen LogP) is 1.58. The first-order valence-corrected chi connectivity index (χ1v) is 5.54. The average Bonchev–Trinajstić information content (AvgIpc) is 2.70. The first-order chi connectivity index (χ1) is 8.65. The molecule has 94 valence electrons. The van der Waals surface area contributed by atoms with Gasteiger partial charge in [0.05, 0.1) is 5.69 Å². The summed E-state index contributed by atoms with van der Waals surface area (Å²) in [5, 5.41) is 4.20. The maximum Gasteiger partial charge on any atom is 0.197 e. The molecule has 2 aromatic rings. The van der Waals surface area contributed by atoms with Crippen molar-refractivity contribution in [3.8, 4) is 22.8 Å². The number of hydrogen-bond donors (Lipinski definition) is 1. The van der Waals surface area contributed by atoms with Crippen LogP contribution in [0.3, 0.4) is 0 Å². The molecule has 0 saturated carbocycles. The molecule has 0 unspecified atom stereocenters. The summed E-state index contributed by atoms with van der Waals surface area (Å²) < 4.78 is 26.0. The Kier molecular flexibility index (Phi) is 2.36. The van der Waals surface area contributed by atoms with Gasteiger partial charge in [-0.3, -0.25) is 4.68 Å². The standard InChI is InChI=1S/C12H12FN3O2/c1-16-11(14)6-9(15-16)7-4-8(13)12-10(5-7)17-2-3-18-12/h4-6H,2-3,14H2,1H3. The summed E-state index contributed by atoms with van der Waals surface area (Å²) in [6.45, 7) is 0.778. The smallest absolute Gasteiger partial charge is 0.197 e. The Bertz CT molecular complexity index is 590. The van der Waals surface area contributed by atoms with Gasteiger partial charge in [-0.15, -0.1) is 0 Å². The van der Waals surface area contributed by atoms with Crippen LogP contribution >= 0.6 is 0 Å². The van der Waals surface area contributed by atoms with Gasteiger partial charge in [-0.2, -0.15) is 5.10 Å². The van der Waals surface area contributed by atoms with Crippen molar-refractivity contribution >= 4 is 5.82 Å². The first kappa shape index (κ1) is 10.9. The second-order valence-corrected chi connectivity index (χ2v) is 4.06. The molecule has 0 fully saturated rings. The summed E-state index contributed by atoms with van der Waals surface area (Å²) in [5.74, 6) is 0.626. The summed E-state index contributed by atoms with van der Waals surface area (Å²) in [6.07, 6.45) is 0. The molecule has 0 radical (unpaired) electrons. The van der Waals surface area contributed by atoms with E-state index in [1.54, 1.807) is 19.2 Å². The van der Waals surface area contributed by atoms with Crippen LogP contribution in [0.2, 0.25) is 0 Å². The quantitative estimate of drug-likeness (QED) is 0.833. The van der Waals surface area contributed by atoms with Gasteiger partial charge in [0.2, 0.25) is 0 Å². The van der Waals surface area contributed by atoms with Crippen LogP contribution in [0.4, 0.5) is 10.2 Å². The number of halogens is 1. The summed E-state index contributed by atoms with van der Waals surface area (Å²) in [6, 6.07) is 4.76. The molecule has 3 rings (SSSR count). The molecule has 0 spiro atoms. The Labute approximate surface area is 103 Å². The van der Waals surface area contributed by atoms with Crippen molar-refractivity contribution in [1.82, 2.24) is 9.78 Å². The number of aromatic nitrogens is 2. The van der Waals surface area contributed by atoms with E-state index in [0.717, 1.165) is 0 Å². The number of benzene rings is 1. The molecule has 0 amide bonds. The summed E-state index contributed by atoms with van der Waals surface area (Å²) in [4.78, 5) is 0. The number of anilines is 1. The molecule has 1 aliphatic rings. The van der Waals surface area contributed by atoms with Crippen molar-refractivity contribution in [3.05, 3.63) is 24.0 Å². The number of fused-ring (bicyclic) bond motifs is 1. The Morgan fingerprint density at radius 2 is 2.06 bits per heavy atom. The highest BCUT2D eigenvalue weighted by Crippen LogP contribution is 2.37. The van der Waals surface area contributed by atoms with Crippen molar-refractivity contribution in [3.63, 3.8) is 0 Å². The lowest BCUT2D eigenvalue weighted by molar-refractivity contribution is 0.164. The molecule has 5 nitrogen and oxygen atoms in total. The summed E-state index contributed by atoms with van der Waals surface area (Å²) in [7, 11) is 1.73. The third-order valence-electron chi connectivity index (χ3n) is 2.81. The predicted molar refractivity (Wildman–Crippen MR) is 64.0 cm³/mol. The normalized spacial score (nSPS) is 13.7. The van der Waals surface area contributed by atoms with E-state index < -0.39 is 5.82 Å². The Morgan fingerprint density at radius 3 is 2.78 bits per heavy atom. The minimum Gasteiger partial charge on any atom is -0.486 e. The maximum absolute atomic E-state index is 13.9. The van der Waals surface area contributed by atoms with E-state index in [4.69, 9.17) is 15.2 Å². The van der Waals surface area contributed by atoms with Crippen molar-refractivity contribution in [2.45, 2.75) is 0 Å². The van der Waals surface area contributed by atoms with Crippen LogP contribution in [0.15, 0.2) is 18.2 Å². The SMILES string of the molecule is Cn1nc(-c2cc(F)c3c(c2)OCCO3)cc1N. The van der Waals surface area contributed by atoms with Crippen molar-refractivity contribution in [1.29, 1.82) is 0 Å². The number of hydrogen-bond acceptors (Lipinski definition) is 4. The zero-order valence-electron chi connectivity index (χ0n) is 9.81. The van der Waals surface area contributed by atoms with E-state index in [2.05, 4.69) is 5.10 Å². The number of nitrogens with two attached hydrogens (primary N) is 1.